The summed E-state index contributed by atoms with van der Waals surface area (Å²) in [7, 11) is 0. The molecule has 1 aromatic rings. The zero-order chi connectivity index (χ0) is 9.19. The Morgan fingerprint density at radius 2 is 2.42 bits per heavy atom. The molecule has 0 unspecified atom stereocenters. The minimum Gasteiger partial charge on any atom is -0.394 e. The van der Waals surface area contributed by atoms with Gasteiger partial charge in [-0.1, -0.05) is 0 Å². The van der Waals surface area contributed by atoms with E-state index >= 15 is 0 Å². The van der Waals surface area contributed by atoms with Crippen LogP contribution in [0.4, 0.5) is 0 Å². The SMILES string of the molecule is CC(C)(CO)n1ccnc1C=O. The van der Waals surface area contributed by atoms with Crippen molar-refractivity contribution < 1.29 is 9.90 Å². The van der Waals surface area contributed by atoms with Gasteiger partial charge in [0.15, 0.2) is 12.1 Å². The van der Waals surface area contributed by atoms with E-state index in [1.807, 2.05) is 13.8 Å². The third-order valence-corrected chi connectivity index (χ3v) is 1.81. The van der Waals surface area contributed by atoms with Crippen LogP contribution in [-0.4, -0.2) is 27.6 Å². The molecule has 1 heterocycles. The normalized spacial score (nSPS) is 11.6. The first-order chi connectivity index (χ1) is 5.61. The Hall–Kier alpha value is -1.16. The summed E-state index contributed by atoms with van der Waals surface area (Å²) in [6, 6.07) is 0. The molecule has 0 saturated carbocycles. The molecule has 0 spiro atoms. The number of carbonyl (C=O) groups is 1. The van der Waals surface area contributed by atoms with Crippen molar-refractivity contribution in [2.24, 2.45) is 0 Å². The first-order valence-corrected chi connectivity index (χ1v) is 3.71. The van der Waals surface area contributed by atoms with Crippen LogP contribution in [-0.2, 0) is 5.54 Å². The smallest absolute Gasteiger partial charge is 0.185 e. The lowest BCUT2D eigenvalue weighted by Gasteiger charge is -2.24. The van der Waals surface area contributed by atoms with Crippen molar-refractivity contribution in [3.8, 4) is 0 Å². The van der Waals surface area contributed by atoms with Gasteiger partial charge in [0.25, 0.3) is 0 Å². The van der Waals surface area contributed by atoms with Crippen molar-refractivity contribution in [1.29, 1.82) is 0 Å². The van der Waals surface area contributed by atoms with Gasteiger partial charge in [0.05, 0.1) is 12.1 Å². The summed E-state index contributed by atoms with van der Waals surface area (Å²) in [5, 5.41) is 9.02. The Balaban J connectivity index is 3.08. The van der Waals surface area contributed by atoms with Crippen LogP contribution in [0.1, 0.15) is 24.5 Å². The average Bonchev–Trinajstić information content (AvgIpc) is 2.52. The first-order valence-electron chi connectivity index (χ1n) is 3.71. The number of carbonyl (C=O) groups excluding carboxylic acids is 1. The molecule has 66 valence electrons. The molecular weight excluding hydrogens is 156 g/mol. The van der Waals surface area contributed by atoms with Crippen molar-refractivity contribution in [2.75, 3.05) is 6.61 Å². The Kier molecular flexibility index (Phi) is 2.28. The predicted octanol–water partition coefficient (Wildman–Crippen LogP) is 0.423. The largest absolute Gasteiger partial charge is 0.394 e. The number of aromatic nitrogens is 2. The molecule has 0 bridgehead atoms. The molecule has 4 nitrogen and oxygen atoms in total. The van der Waals surface area contributed by atoms with Crippen LogP contribution in [0, 0.1) is 0 Å². The summed E-state index contributed by atoms with van der Waals surface area (Å²) < 4.78 is 1.65. The number of rotatable bonds is 3. The second-order valence-corrected chi connectivity index (χ2v) is 3.24. The van der Waals surface area contributed by atoms with E-state index < -0.39 is 5.54 Å². The number of nitrogens with zero attached hydrogens (tertiary/aromatic N) is 2. The predicted molar refractivity (Wildman–Crippen MR) is 44.0 cm³/mol. The van der Waals surface area contributed by atoms with E-state index in [9.17, 15) is 4.79 Å². The minimum absolute atomic E-state index is 0.0236. The van der Waals surface area contributed by atoms with Crippen LogP contribution in [0.25, 0.3) is 0 Å². The lowest BCUT2D eigenvalue weighted by atomic mass is 10.1. The Bertz CT molecular complexity index is 278. The van der Waals surface area contributed by atoms with E-state index in [2.05, 4.69) is 4.98 Å². The molecule has 0 fully saturated rings. The molecule has 0 aliphatic carbocycles. The summed E-state index contributed by atoms with van der Waals surface area (Å²) in [6.07, 6.45) is 3.90. The number of hydrogen-bond donors (Lipinski definition) is 1. The monoisotopic (exact) mass is 168 g/mol. The van der Waals surface area contributed by atoms with Gasteiger partial charge in [-0.25, -0.2) is 4.98 Å². The fourth-order valence-corrected chi connectivity index (χ4v) is 0.990. The van der Waals surface area contributed by atoms with E-state index in [0.29, 0.717) is 12.1 Å². The molecule has 0 aliphatic rings. The number of aldehydes is 1. The van der Waals surface area contributed by atoms with Crippen LogP contribution >= 0.6 is 0 Å². The van der Waals surface area contributed by atoms with Crippen molar-refractivity contribution in [2.45, 2.75) is 19.4 Å². The van der Waals surface area contributed by atoms with Gasteiger partial charge in [-0.15, -0.1) is 0 Å². The first kappa shape index (κ1) is 8.93. The highest BCUT2D eigenvalue weighted by atomic mass is 16.3. The quantitative estimate of drug-likeness (QED) is 0.665. The maximum Gasteiger partial charge on any atom is 0.185 e. The molecular formula is C8H12N2O2. The molecule has 0 atom stereocenters. The van der Waals surface area contributed by atoms with Crippen molar-refractivity contribution in [3.05, 3.63) is 18.2 Å². The summed E-state index contributed by atoms with van der Waals surface area (Å²) in [4.78, 5) is 14.3. The van der Waals surface area contributed by atoms with Crippen molar-refractivity contribution in [1.82, 2.24) is 9.55 Å². The number of imidazole rings is 1. The van der Waals surface area contributed by atoms with Crippen LogP contribution in [0.15, 0.2) is 12.4 Å². The number of aliphatic hydroxyl groups excluding tert-OH is 1. The Morgan fingerprint density at radius 3 is 2.92 bits per heavy atom. The standard InChI is InChI=1S/C8H12N2O2/c1-8(2,6-12)10-4-3-9-7(10)5-11/h3-5,12H,6H2,1-2H3. The maximum absolute atomic E-state index is 10.5. The summed E-state index contributed by atoms with van der Waals surface area (Å²) >= 11 is 0. The Morgan fingerprint density at radius 1 is 1.75 bits per heavy atom. The maximum atomic E-state index is 10.5. The fourth-order valence-electron chi connectivity index (χ4n) is 0.990. The minimum atomic E-state index is -0.466. The van der Waals surface area contributed by atoms with E-state index in [1.165, 1.54) is 0 Å². The van der Waals surface area contributed by atoms with E-state index in [4.69, 9.17) is 5.11 Å². The lowest BCUT2D eigenvalue weighted by Crippen LogP contribution is -2.31. The van der Waals surface area contributed by atoms with E-state index in [1.54, 1.807) is 17.0 Å². The van der Waals surface area contributed by atoms with Crippen LogP contribution in [0.3, 0.4) is 0 Å². The van der Waals surface area contributed by atoms with Gasteiger partial charge in [0.1, 0.15) is 0 Å². The van der Waals surface area contributed by atoms with Crippen LogP contribution in [0.2, 0.25) is 0 Å². The molecule has 0 radical (unpaired) electrons. The van der Waals surface area contributed by atoms with E-state index in [-0.39, 0.29) is 6.61 Å². The fraction of sp³-hybridized carbons (Fsp3) is 0.500. The van der Waals surface area contributed by atoms with E-state index in [0.717, 1.165) is 0 Å². The summed E-state index contributed by atoms with van der Waals surface area (Å²) in [6.45, 7) is 3.65. The van der Waals surface area contributed by atoms with Crippen molar-refractivity contribution in [3.63, 3.8) is 0 Å². The zero-order valence-corrected chi connectivity index (χ0v) is 7.19. The lowest BCUT2D eigenvalue weighted by molar-refractivity contribution is 0.109. The molecule has 1 rings (SSSR count). The third-order valence-electron chi connectivity index (χ3n) is 1.81. The number of hydrogen-bond acceptors (Lipinski definition) is 3. The highest BCUT2D eigenvalue weighted by molar-refractivity contribution is 5.69. The van der Waals surface area contributed by atoms with Gasteiger partial charge in [0, 0.05) is 12.4 Å². The van der Waals surface area contributed by atoms with Crippen LogP contribution < -0.4 is 0 Å². The topological polar surface area (TPSA) is 55.1 Å². The molecule has 1 N–H and O–H groups in total. The van der Waals surface area contributed by atoms with Crippen molar-refractivity contribution >= 4 is 6.29 Å². The highest BCUT2D eigenvalue weighted by Crippen LogP contribution is 2.14. The van der Waals surface area contributed by atoms with Gasteiger partial charge >= 0.3 is 0 Å². The van der Waals surface area contributed by atoms with Gasteiger partial charge in [0.2, 0.25) is 0 Å². The second-order valence-electron chi connectivity index (χ2n) is 3.24. The van der Waals surface area contributed by atoms with Gasteiger partial charge in [-0.05, 0) is 13.8 Å². The molecule has 4 heteroatoms. The number of aliphatic hydroxyl groups is 1. The third kappa shape index (κ3) is 1.38. The second kappa shape index (κ2) is 3.06. The zero-order valence-electron chi connectivity index (χ0n) is 7.19. The van der Waals surface area contributed by atoms with Crippen LogP contribution in [0.5, 0.6) is 0 Å². The average molecular weight is 168 g/mol. The van der Waals surface area contributed by atoms with Gasteiger partial charge in [-0.3, -0.25) is 4.79 Å². The summed E-state index contributed by atoms with van der Waals surface area (Å²) in [5.41, 5.74) is -0.466. The van der Waals surface area contributed by atoms with Gasteiger partial charge < -0.3 is 9.67 Å². The Labute approximate surface area is 70.9 Å². The summed E-state index contributed by atoms with van der Waals surface area (Å²) in [5.74, 6) is 0.342. The molecule has 0 aliphatic heterocycles. The highest BCUT2D eigenvalue weighted by Gasteiger charge is 2.20. The van der Waals surface area contributed by atoms with Gasteiger partial charge in [-0.2, -0.15) is 0 Å². The molecule has 12 heavy (non-hydrogen) atoms. The molecule has 0 aromatic carbocycles. The molecule has 0 saturated heterocycles. The molecule has 0 amide bonds. The molecule has 1 aromatic heterocycles.